The lowest BCUT2D eigenvalue weighted by atomic mass is 10.1. The molecule has 0 atom stereocenters. The molecule has 216 valence electrons. The van der Waals surface area contributed by atoms with E-state index in [0.29, 0.717) is 0 Å². The van der Waals surface area contributed by atoms with Crippen LogP contribution in [0.25, 0.3) is 0 Å². The van der Waals surface area contributed by atoms with E-state index in [-0.39, 0.29) is 0 Å². The highest BCUT2D eigenvalue weighted by molar-refractivity contribution is 8.00. The SMILES string of the molecule is O=S(=O)(OS(=O)(=O)C(C(F)(F)F)(C(F)(F)F)C(F)(F)F)c1c(F)c(C(F)(F)F)c(F)c(C(F)(F)F)c1F. The second-order valence-corrected chi connectivity index (χ2v) is 9.55. The van der Waals surface area contributed by atoms with Crippen molar-refractivity contribution in [3.05, 3.63) is 28.6 Å². The summed E-state index contributed by atoms with van der Waals surface area (Å²) in [6.07, 6.45) is -38.2. The average molecular weight is 630 g/mol. The summed E-state index contributed by atoms with van der Waals surface area (Å²) in [6, 6.07) is 0. The molecule has 0 aliphatic carbocycles. The third-order valence-corrected chi connectivity index (χ3v) is 7.58. The fourth-order valence-corrected chi connectivity index (χ4v) is 5.59. The first-order valence-corrected chi connectivity index (χ1v) is 10.4. The van der Waals surface area contributed by atoms with Gasteiger partial charge in [0.15, 0.2) is 22.3 Å². The van der Waals surface area contributed by atoms with E-state index >= 15 is 0 Å². The van der Waals surface area contributed by atoms with Gasteiger partial charge in [-0.15, -0.1) is 3.63 Å². The molecule has 0 unspecified atom stereocenters. The fourth-order valence-electron chi connectivity index (χ4n) is 2.47. The van der Waals surface area contributed by atoms with Crippen molar-refractivity contribution in [2.24, 2.45) is 0 Å². The molecule has 0 amide bonds. The summed E-state index contributed by atoms with van der Waals surface area (Å²) < 4.78 is 275. The maximum absolute atomic E-state index is 14.0. The first kappa shape index (κ1) is 32.8. The summed E-state index contributed by atoms with van der Waals surface area (Å²) in [6.45, 7) is 0. The quantitative estimate of drug-likeness (QED) is 0.405. The molecule has 5 nitrogen and oxygen atoms in total. The van der Waals surface area contributed by atoms with Gasteiger partial charge in [0.2, 0.25) is 0 Å². The topological polar surface area (TPSA) is 77.5 Å². The van der Waals surface area contributed by atoms with E-state index in [9.17, 15) is 95.9 Å². The van der Waals surface area contributed by atoms with Gasteiger partial charge in [0.25, 0.3) is 0 Å². The van der Waals surface area contributed by atoms with Crippen LogP contribution in [-0.2, 0) is 36.2 Å². The maximum atomic E-state index is 14.0. The zero-order valence-electron chi connectivity index (χ0n) is 15.7. The number of alkyl halides is 15. The van der Waals surface area contributed by atoms with Crippen molar-refractivity contribution in [1.82, 2.24) is 0 Å². The maximum Gasteiger partial charge on any atom is 0.428 e. The van der Waals surface area contributed by atoms with Gasteiger partial charge in [-0.2, -0.15) is 82.7 Å². The Morgan fingerprint density at radius 3 is 0.973 bits per heavy atom. The van der Waals surface area contributed by atoms with Crippen LogP contribution in [0.1, 0.15) is 11.1 Å². The van der Waals surface area contributed by atoms with Crippen LogP contribution in [0.2, 0.25) is 0 Å². The highest BCUT2D eigenvalue weighted by Gasteiger charge is 2.92. The van der Waals surface area contributed by atoms with Gasteiger partial charge in [0, 0.05) is 0 Å². The first-order chi connectivity index (χ1) is 15.8. The van der Waals surface area contributed by atoms with E-state index in [1.807, 2.05) is 3.63 Å². The Labute approximate surface area is 189 Å². The smallest absolute Gasteiger partial charge is 0.205 e. The molecule has 0 aliphatic heterocycles. The zero-order chi connectivity index (χ0) is 30.2. The second-order valence-electron chi connectivity index (χ2n) is 6.17. The van der Waals surface area contributed by atoms with Crippen LogP contribution in [0.3, 0.4) is 0 Å². The van der Waals surface area contributed by atoms with Crippen LogP contribution in [0.15, 0.2) is 4.90 Å². The number of benzene rings is 1. The van der Waals surface area contributed by atoms with Crippen LogP contribution in [0.5, 0.6) is 0 Å². The Balaban J connectivity index is 4.29. The van der Waals surface area contributed by atoms with Crippen LogP contribution in [-0.4, -0.2) is 40.1 Å². The summed E-state index contributed by atoms with van der Waals surface area (Å²) in [5, 5.41) is 0. The van der Waals surface area contributed by atoms with Crippen molar-refractivity contribution in [1.29, 1.82) is 0 Å². The second kappa shape index (κ2) is 8.67. The molecule has 1 aromatic carbocycles. The van der Waals surface area contributed by atoms with Crippen LogP contribution in [0, 0.1) is 17.5 Å². The van der Waals surface area contributed by atoms with Crippen LogP contribution >= 0.6 is 0 Å². The van der Waals surface area contributed by atoms with E-state index in [1.165, 1.54) is 0 Å². The zero-order valence-corrected chi connectivity index (χ0v) is 17.3. The summed E-state index contributed by atoms with van der Waals surface area (Å²) in [5.74, 6) is -12.4. The van der Waals surface area contributed by atoms with E-state index < -0.39 is 89.3 Å². The van der Waals surface area contributed by atoms with Crippen molar-refractivity contribution in [3.8, 4) is 0 Å². The van der Waals surface area contributed by atoms with Gasteiger partial charge in [-0.05, 0) is 0 Å². The van der Waals surface area contributed by atoms with Crippen molar-refractivity contribution in [3.63, 3.8) is 0 Å². The van der Waals surface area contributed by atoms with E-state index in [4.69, 9.17) is 0 Å². The number of rotatable bonds is 4. The summed E-state index contributed by atoms with van der Waals surface area (Å²) >= 11 is 0. The molecule has 1 rings (SSSR count). The molecule has 1 aromatic rings. The molecule has 0 bridgehead atoms. The minimum absolute atomic E-state index is 2.04. The molecule has 0 N–H and O–H groups in total. The lowest BCUT2D eigenvalue weighted by Gasteiger charge is -2.36. The summed E-state index contributed by atoms with van der Waals surface area (Å²) in [4.78, 5) is -4.16. The molecule has 0 fully saturated rings. The lowest BCUT2D eigenvalue weighted by molar-refractivity contribution is -0.348. The lowest BCUT2D eigenvalue weighted by Crippen LogP contribution is -2.70. The third kappa shape index (κ3) is 5.12. The molecule has 37 heavy (non-hydrogen) atoms. The molecule has 25 heteroatoms. The minimum atomic E-state index is -9.06. The van der Waals surface area contributed by atoms with Crippen molar-refractivity contribution >= 4 is 20.2 Å². The summed E-state index contributed by atoms with van der Waals surface area (Å²) in [5.41, 5.74) is -8.12. The van der Waals surface area contributed by atoms with Gasteiger partial charge >= 0.3 is 55.9 Å². The molecule has 0 heterocycles. The van der Waals surface area contributed by atoms with Gasteiger partial charge in [-0.25, -0.2) is 13.2 Å². The van der Waals surface area contributed by atoms with Crippen LogP contribution < -0.4 is 0 Å². The van der Waals surface area contributed by atoms with Crippen LogP contribution in [0.4, 0.5) is 79.0 Å². The Hall–Kier alpha value is -2.18. The van der Waals surface area contributed by atoms with E-state index in [0.717, 1.165) is 0 Å². The number of hydrogen-bond acceptors (Lipinski definition) is 5. The molecular weight excluding hydrogens is 630 g/mol. The fraction of sp³-hybridized carbons (Fsp3) is 0.500. The molecule has 0 saturated carbocycles. The first-order valence-electron chi connectivity index (χ1n) is 7.56. The van der Waals surface area contributed by atoms with Gasteiger partial charge < -0.3 is 0 Å². The number of halogens is 18. The van der Waals surface area contributed by atoms with Gasteiger partial charge in [-0.3, -0.25) is 0 Å². The normalized spacial score (nSPS) is 15.3. The highest BCUT2D eigenvalue weighted by atomic mass is 32.3. The predicted octanol–water partition coefficient (Wildman–Crippen LogP) is 5.60. The molecule has 0 spiro atoms. The average Bonchev–Trinajstić information content (AvgIpc) is 2.44. The van der Waals surface area contributed by atoms with Gasteiger partial charge in [-0.1, -0.05) is 0 Å². The number of hydrogen-bond donors (Lipinski definition) is 0. The molecule has 0 aromatic heterocycles. The largest absolute Gasteiger partial charge is 0.428 e. The van der Waals surface area contributed by atoms with Gasteiger partial charge in [0.05, 0.1) is 0 Å². The molecule has 0 aliphatic rings. The molecular formula is C12F18O5S2. The minimum Gasteiger partial charge on any atom is -0.205 e. The third-order valence-electron chi connectivity index (χ3n) is 3.85. The Kier molecular flexibility index (Phi) is 7.70. The summed E-state index contributed by atoms with van der Waals surface area (Å²) in [7, 11) is -17.2. The predicted molar refractivity (Wildman–Crippen MR) is 74.4 cm³/mol. The van der Waals surface area contributed by atoms with E-state index in [1.54, 1.807) is 0 Å². The Morgan fingerprint density at radius 2 is 0.757 bits per heavy atom. The van der Waals surface area contributed by atoms with Gasteiger partial charge in [0.1, 0.15) is 11.1 Å². The molecule has 0 saturated heterocycles. The standard InChI is InChI=1S/C12F18O5S2/c13-3-1(7(16,17)18)4(14)6(5(15)2(3)8(19,20)21)36(31,32)35-37(33,34)9(10(22,23)24,11(25,26)27)12(28,29)30. The van der Waals surface area contributed by atoms with Crippen molar-refractivity contribution in [2.75, 3.05) is 0 Å². The Morgan fingerprint density at radius 1 is 0.486 bits per heavy atom. The molecule has 0 radical (unpaired) electrons. The Bertz CT molecular complexity index is 1200. The van der Waals surface area contributed by atoms with E-state index in [2.05, 4.69) is 0 Å². The van der Waals surface area contributed by atoms with Crippen molar-refractivity contribution in [2.45, 2.75) is 40.5 Å². The monoisotopic (exact) mass is 630 g/mol. The van der Waals surface area contributed by atoms with Crippen molar-refractivity contribution < 1.29 is 99.5 Å². The highest BCUT2D eigenvalue weighted by Crippen LogP contribution is 2.58.